The van der Waals surface area contributed by atoms with Gasteiger partial charge in [-0.1, -0.05) is 17.7 Å². The Kier molecular flexibility index (Phi) is 6.90. The SMILES string of the molecule is CCOC(=O)N1CCN(C(=O)[C@@H]2Cc3cc([N+](=O)[O-])ccc3N3CCN(c4ccc(C)cc4)C[C@H]23)CC1. The minimum absolute atomic E-state index is 0.0430. The van der Waals surface area contributed by atoms with Crippen molar-refractivity contribution in [3.8, 4) is 0 Å². The van der Waals surface area contributed by atoms with Crippen molar-refractivity contribution < 1.29 is 19.2 Å². The Morgan fingerprint density at radius 2 is 1.70 bits per heavy atom. The van der Waals surface area contributed by atoms with Crippen LogP contribution in [0.5, 0.6) is 0 Å². The molecule has 196 valence electrons. The minimum atomic E-state index is -0.382. The molecule has 0 spiro atoms. The number of rotatable bonds is 4. The lowest BCUT2D eigenvalue weighted by atomic mass is 9.82. The molecule has 10 nitrogen and oxygen atoms in total. The molecule has 2 saturated heterocycles. The first-order chi connectivity index (χ1) is 17.9. The van der Waals surface area contributed by atoms with E-state index < -0.39 is 0 Å². The zero-order chi connectivity index (χ0) is 26.1. The van der Waals surface area contributed by atoms with Gasteiger partial charge in [0.1, 0.15) is 0 Å². The standard InChI is InChI=1S/C27H33N5O5/c1-3-37-27(34)29-12-10-28(11-13-29)26(33)23-17-20-16-22(32(35)36)8-9-24(20)31-15-14-30(18-25(23)31)21-6-4-19(2)5-7-21/h4-9,16,23,25H,3,10-15,17-18H2,1-2H3/t23-,25-/m1/s1. The van der Waals surface area contributed by atoms with Crippen molar-refractivity contribution in [2.24, 2.45) is 5.92 Å². The van der Waals surface area contributed by atoms with Gasteiger partial charge in [-0.3, -0.25) is 14.9 Å². The molecule has 37 heavy (non-hydrogen) atoms. The lowest BCUT2D eigenvalue weighted by Crippen LogP contribution is -2.62. The van der Waals surface area contributed by atoms with Crippen LogP contribution in [-0.4, -0.2) is 85.2 Å². The van der Waals surface area contributed by atoms with Crippen molar-refractivity contribution in [3.63, 3.8) is 0 Å². The van der Waals surface area contributed by atoms with Crippen LogP contribution in [0.1, 0.15) is 18.1 Å². The van der Waals surface area contributed by atoms with Crippen molar-refractivity contribution in [2.75, 3.05) is 62.2 Å². The number of hydrogen-bond acceptors (Lipinski definition) is 7. The number of anilines is 2. The molecule has 10 heteroatoms. The number of fused-ring (bicyclic) bond motifs is 3. The first-order valence-electron chi connectivity index (χ1n) is 12.9. The van der Waals surface area contributed by atoms with Gasteiger partial charge in [-0.2, -0.15) is 0 Å². The zero-order valence-electron chi connectivity index (χ0n) is 21.3. The number of aryl methyl sites for hydroxylation is 1. The van der Waals surface area contributed by atoms with Crippen LogP contribution in [0.25, 0.3) is 0 Å². The fourth-order valence-corrected chi connectivity index (χ4v) is 5.76. The molecule has 5 rings (SSSR count). The van der Waals surface area contributed by atoms with Crippen LogP contribution in [0.15, 0.2) is 42.5 Å². The summed E-state index contributed by atoms with van der Waals surface area (Å²) in [5.41, 5.74) is 4.21. The lowest BCUT2D eigenvalue weighted by molar-refractivity contribution is -0.384. The second-order valence-corrected chi connectivity index (χ2v) is 9.93. The van der Waals surface area contributed by atoms with Crippen LogP contribution >= 0.6 is 0 Å². The largest absolute Gasteiger partial charge is 0.450 e. The predicted molar refractivity (Wildman–Crippen MR) is 140 cm³/mol. The number of carbonyl (C=O) groups is 2. The van der Waals surface area contributed by atoms with E-state index in [0.29, 0.717) is 45.8 Å². The Balaban J connectivity index is 1.40. The Bertz CT molecular complexity index is 1180. The van der Waals surface area contributed by atoms with Crippen LogP contribution in [0.3, 0.4) is 0 Å². The van der Waals surface area contributed by atoms with Crippen LogP contribution in [-0.2, 0) is 16.0 Å². The molecular weight excluding hydrogens is 474 g/mol. The number of piperazine rings is 2. The van der Waals surface area contributed by atoms with Crippen molar-refractivity contribution in [1.29, 1.82) is 0 Å². The third kappa shape index (κ3) is 4.92. The number of nitro groups is 1. The Hall–Kier alpha value is -3.82. The molecule has 2 aromatic carbocycles. The van der Waals surface area contributed by atoms with Gasteiger partial charge >= 0.3 is 6.09 Å². The van der Waals surface area contributed by atoms with Gasteiger partial charge in [0.05, 0.1) is 23.5 Å². The van der Waals surface area contributed by atoms with Crippen molar-refractivity contribution >= 4 is 29.1 Å². The highest BCUT2D eigenvalue weighted by Crippen LogP contribution is 2.39. The molecule has 0 radical (unpaired) electrons. The average Bonchev–Trinajstić information content (AvgIpc) is 2.92. The van der Waals surface area contributed by atoms with E-state index in [1.165, 1.54) is 5.56 Å². The Morgan fingerprint density at radius 1 is 1.00 bits per heavy atom. The van der Waals surface area contributed by atoms with E-state index in [4.69, 9.17) is 4.74 Å². The maximum absolute atomic E-state index is 13.9. The third-order valence-corrected chi connectivity index (χ3v) is 7.74. The molecule has 0 unspecified atom stereocenters. The smallest absolute Gasteiger partial charge is 0.409 e. The summed E-state index contributed by atoms with van der Waals surface area (Å²) in [6, 6.07) is 13.4. The summed E-state index contributed by atoms with van der Waals surface area (Å²) in [6.07, 6.45) is 0.109. The van der Waals surface area contributed by atoms with E-state index in [0.717, 1.165) is 30.0 Å². The molecule has 2 amide bonds. The van der Waals surface area contributed by atoms with Gasteiger partial charge in [-0.25, -0.2) is 4.79 Å². The summed E-state index contributed by atoms with van der Waals surface area (Å²) in [4.78, 5) is 45.2. The summed E-state index contributed by atoms with van der Waals surface area (Å²) in [5, 5.41) is 11.5. The van der Waals surface area contributed by atoms with Crippen molar-refractivity contribution in [3.05, 3.63) is 63.7 Å². The normalized spacial score (nSPS) is 21.2. The van der Waals surface area contributed by atoms with Gasteiger partial charge in [-0.15, -0.1) is 0 Å². The number of carbonyl (C=O) groups excluding carboxylic acids is 2. The van der Waals surface area contributed by atoms with E-state index in [1.54, 1.807) is 24.0 Å². The van der Waals surface area contributed by atoms with Gasteiger partial charge in [0, 0.05) is 69.3 Å². The number of ether oxygens (including phenoxy) is 1. The first kappa shape index (κ1) is 24.9. The molecule has 3 aliphatic heterocycles. The average molecular weight is 508 g/mol. The second-order valence-electron chi connectivity index (χ2n) is 9.93. The van der Waals surface area contributed by atoms with Crippen LogP contribution < -0.4 is 9.80 Å². The number of amides is 2. The van der Waals surface area contributed by atoms with Crippen LogP contribution in [0.2, 0.25) is 0 Å². The Labute approximate surface area is 216 Å². The molecule has 2 atom stereocenters. The number of nitro benzene ring substituents is 1. The summed E-state index contributed by atoms with van der Waals surface area (Å²) < 4.78 is 5.11. The zero-order valence-corrected chi connectivity index (χ0v) is 21.3. The highest BCUT2D eigenvalue weighted by atomic mass is 16.6. The summed E-state index contributed by atoms with van der Waals surface area (Å²) in [7, 11) is 0. The maximum Gasteiger partial charge on any atom is 0.409 e. The van der Waals surface area contributed by atoms with Crippen LogP contribution in [0.4, 0.5) is 21.9 Å². The molecule has 2 aromatic rings. The molecule has 0 bridgehead atoms. The highest BCUT2D eigenvalue weighted by Gasteiger charge is 2.44. The molecular formula is C27H33N5O5. The number of nitrogens with zero attached hydrogens (tertiary/aromatic N) is 5. The first-order valence-corrected chi connectivity index (χ1v) is 12.9. The van der Waals surface area contributed by atoms with E-state index in [2.05, 4.69) is 41.0 Å². The van der Waals surface area contributed by atoms with Gasteiger partial charge in [-0.05, 0) is 44.0 Å². The fraction of sp³-hybridized carbons (Fsp3) is 0.481. The van der Waals surface area contributed by atoms with E-state index in [1.807, 2.05) is 11.0 Å². The lowest BCUT2D eigenvalue weighted by Gasteiger charge is -2.50. The third-order valence-electron chi connectivity index (χ3n) is 7.74. The van der Waals surface area contributed by atoms with E-state index in [-0.39, 0.29) is 34.6 Å². The summed E-state index contributed by atoms with van der Waals surface area (Å²) in [5.74, 6) is -0.293. The van der Waals surface area contributed by atoms with Gasteiger partial charge in [0.15, 0.2) is 0 Å². The molecule has 0 aliphatic carbocycles. The topological polar surface area (TPSA) is 99.5 Å². The number of hydrogen-bond donors (Lipinski definition) is 0. The van der Waals surface area contributed by atoms with E-state index in [9.17, 15) is 19.7 Å². The molecule has 0 aromatic heterocycles. The number of benzene rings is 2. The predicted octanol–water partition coefficient (Wildman–Crippen LogP) is 3.07. The second kappa shape index (κ2) is 10.3. The van der Waals surface area contributed by atoms with Gasteiger partial charge in [0.2, 0.25) is 5.91 Å². The molecule has 3 heterocycles. The molecule has 3 aliphatic rings. The number of non-ortho nitro benzene ring substituents is 1. The minimum Gasteiger partial charge on any atom is -0.450 e. The van der Waals surface area contributed by atoms with E-state index >= 15 is 0 Å². The van der Waals surface area contributed by atoms with Crippen LogP contribution in [0, 0.1) is 23.0 Å². The van der Waals surface area contributed by atoms with Crippen molar-refractivity contribution in [2.45, 2.75) is 26.3 Å². The summed E-state index contributed by atoms with van der Waals surface area (Å²) >= 11 is 0. The fourth-order valence-electron chi connectivity index (χ4n) is 5.76. The highest BCUT2D eigenvalue weighted by molar-refractivity contribution is 5.83. The van der Waals surface area contributed by atoms with Crippen molar-refractivity contribution in [1.82, 2.24) is 9.80 Å². The molecule has 2 fully saturated rings. The monoisotopic (exact) mass is 507 g/mol. The molecule has 0 saturated carbocycles. The molecule has 0 N–H and O–H groups in total. The maximum atomic E-state index is 13.9. The van der Waals surface area contributed by atoms with Gasteiger partial charge in [0.25, 0.3) is 5.69 Å². The summed E-state index contributed by atoms with van der Waals surface area (Å²) in [6.45, 7) is 8.15. The quantitative estimate of drug-likeness (QED) is 0.463. The van der Waals surface area contributed by atoms with Gasteiger partial charge < -0.3 is 24.3 Å². The Morgan fingerprint density at radius 3 is 2.38 bits per heavy atom.